The Labute approximate surface area is 238 Å². The molecule has 2 saturated heterocycles. The Balaban J connectivity index is 2.32. The molecule has 0 spiro atoms. The van der Waals surface area contributed by atoms with Crippen LogP contribution in [0, 0.1) is 5.41 Å². The van der Waals surface area contributed by atoms with Crippen LogP contribution in [-0.2, 0) is 19.1 Å². The molecule has 2 rings (SSSR count). The molecule has 0 atom stereocenters. The minimum atomic E-state index is -1.51. The van der Waals surface area contributed by atoms with Crippen LogP contribution in [0.15, 0.2) is 50.6 Å². The van der Waals surface area contributed by atoms with E-state index in [1.165, 1.54) is 0 Å². The van der Waals surface area contributed by atoms with Gasteiger partial charge in [0.15, 0.2) is 5.41 Å². The third-order valence-corrected chi connectivity index (χ3v) is 8.77. The topological polar surface area (TPSA) is 59.1 Å². The van der Waals surface area contributed by atoms with Crippen LogP contribution in [0.25, 0.3) is 0 Å². The maximum Gasteiger partial charge on any atom is 0.324 e. The van der Waals surface area contributed by atoms with Crippen molar-refractivity contribution < 1.29 is 19.1 Å². The smallest absolute Gasteiger partial charge is 0.324 e. The summed E-state index contributed by atoms with van der Waals surface area (Å²) in [6, 6.07) is 0. The fraction of sp³-hybridized carbons (Fsp3) is 0.697. The lowest BCUT2D eigenvalue weighted by Gasteiger charge is -2.55. The van der Waals surface area contributed by atoms with Gasteiger partial charge in [0, 0.05) is 60.9 Å². The molecular weight excluding hydrogens is 488 g/mol. The van der Waals surface area contributed by atoms with E-state index in [1.807, 2.05) is 12.2 Å². The Kier molecular flexibility index (Phi) is 10.3. The number of hydrogen-bond donors (Lipinski definition) is 0. The lowest BCUT2D eigenvalue weighted by atomic mass is 9.76. The molecule has 0 aromatic heterocycles. The number of piperidine rings is 2. The molecule has 0 aliphatic carbocycles. The summed E-state index contributed by atoms with van der Waals surface area (Å²) in [6.07, 6.45) is 9.27. The molecular formula is C33H54N2O4. The van der Waals surface area contributed by atoms with Crippen LogP contribution in [0.3, 0.4) is 0 Å². The van der Waals surface area contributed by atoms with E-state index < -0.39 is 17.4 Å². The Morgan fingerprint density at radius 3 is 1.15 bits per heavy atom. The van der Waals surface area contributed by atoms with Gasteiger partial charge in [0.25, 0.3) is 0 Å². The molecule has 0 aromatic carbocycles. The predicted molar refractivity (Wildman–Crippen MR) is 160 cm³/mol. The SMILES string of the molecule is C=CCN1C(C)(C)CC(OC(=O)C(CC=C)(CC=C)C(=O)OC2CC(C)(C)N(CC=C)C(C)(C)C2)CC1(C)C. The molecule has 0 amide bonds. The van der Waals surface area contributed by atoms with Gasteiger partial charge >= 0.3 is 11.9 Å². The van der Waals surface area contributed by atoms with Crippen LogP contribution in [0.2, 0.25) is 0 Å². The maximum absolute atomic E-state index is 13.9. The van der Waals surface area contributed by atoms with Gasteiger partial charge in [0.2, 0.25) is 0 Å². The monoisotopic (exact) mass is 542 g/mol. The molecule has 0 unspecified atom stereocenters. The van der Waals surface area contributed by atoms with Gasteiger partial charge in [-0.15, -0.1) is 26.3 Å². The summed E-state index contributed by atoms with van der Waals surface area (Å²) < 4.78 is 12.4. The molecule has 0 radical (unpaired) electrons. The van der Waals surface area contributed by atoms with Gasteiger partial charge in [0.1, 0.15) is 12.2 Å². The summed E-state index contributed by atoms with van der Waals surface area (Å²) >= 11 is 0. The molecule has 0 bridgehead atoms. The minimum absolute atomic E-state index is 0.126. The number of allylic oxidation sites excluding steroid dienone is 2. The quantitative estimate of drug-likeness (QED) is 0.157. The Morgan fingerprint density at radius 2 is 0.923 bits per heavy atom. The van der Waals surface area contributed by atoms with Crippen molar-refractivity contribution >= 4 is 11.9 Å². The molecule has 0 aromatic rings. The normalized spacial score (nSPS) is 23.4. The van der Waals surface area contributed by atoms with Gasteiger partial charge in [-0.05, 0) is 68.2 Å². The largest absolute Gasteiger partial charge is 0.461 e. The molecule has 220 valence electrons. The van der Waals surface area contributed by atoms with Crippen LogP contribution in [0.5, 0.6) is 0 Å². The highest BCUT2D eigenvalue weighted by atomic mass is 16.6. The first-order chi connectivity index (χ1) is 17.9. The molecule has 6 heteroatoms. The summed E-state index contributed by atoms with van der Waals surface area (Å²) in [5, 5.41) is 0. The van der Waals surface area contributed by atoms with Crippen LogP contribution < -0.4 is 0 Å². The Bertz CT molecular complexity index is 833. The average Bonchev–Trinajstić information content (AvgIpc) is 2.77. The maximum atomic E-state index is 13.9. The van der Waals surface area contributed by atoms with Gasteiger partial charge < -0.3 is 9.47 Å². The number of carbonyl (C=O) groups is 2. The van der Waals surface area contributed by atoms with Crippen molar-refractivity contribution in [2.24, 2.45) is 5.41 Å². The first-order valence-electron chi connectivity index (χ1n) is 14.3. The second kappa shape index (κ2) is 12.1. The predicted octanol–water partition coefficient (Wildman–Crippen LogP) is 6.63. The zero-order valence-electron chi connectivity index (χ0n) is 26.0. The molecule has 2 aliphatic rings. The summed E-state index contributed by atoms with van der Waals surface area (Å²) in [6.45, 7) is 34.4. The molecule has 39 heavy (non-hydrogen) atoms. The van der Waals surface area contributed by atoms with E-state index in [-0.39, 0.29) is 47.2 Å². The van der Waals surface area contributed by atoms with E-state index in [0.717, 1.165) is 13.1 Å². The number of rotatable bonds is 12. The van der Waals surface area contributed by atoms with E-state index in [1.54, 1.807) is 12.2 Å². The van der Waals surface area contributed by atoms with Gasteiger partial charge in [-0.2, -0.15) is 0 Å². The number of hydrogen-bond acceptors (Lipinski definition) is 6. The van der Waals surface area contributed by atoms with Crippen molar-refractivity contribution in [1.29, 1.82) is 0 Å². The van der Waals surface area contributed by atoms with Crippen LogP contribution in [0.1, 0.15) is 93.9 Å². The first-order valence-corrected chi connectivity index (χ1v) is 14.3. The average molecular weight is 543 g/mol. The molecule has 6 nitrogen and oxygen atoms in total. The van der Waals surface area contributed by atoms with Crippen molar-refractivity contribution in [1.82, 2.24) is 9.80 Å². The minimum Gasteiger partial charge on any atom is -0.461 e. The molecule has 0 saturated carbocycles. The molecule has 2 heterocycles. The van der Waals surface area contributed by atoms with E-state index in [0.29, 0.717) is 25.7 Å². The van der Waals surface area contributed by atoms with Crippen LogP contribution in [0.4, 0.5) is 0 Å². The number of carbonyl (C=O) groups excluding carboxylic acids is 2. The zero-order chi connectivity index (χ0) is 29.9. The van der Waals surface area contributed by atoms with Gasteiger partial charge in [-0.25, -0.2) is 0 Å². The molecule has 2 aliphatic heterocycles. The first kappa shape index (κ1) is 33.0. The Hall–Kier alpha value is -2.18. The summed E-state index contributed by atoms with van der Waals surface area (Å²) in [5.74, 6) is -1.10. The zero-order valence-corrected chi connectivity index (χ0v) is 26.0. The van der Waals surface area contributed by atoms with Gasteiger partial charge in [-0.3, -0.25) is 19.4 Å². The fourth-order valence-electron chi connectivity index (χ4n) is 7.39. The third-order valence-electron chi connectivity index (χ3n) is 8.77. The number of esters is 2. The number of likely N-dealkylation sites (tertiary alicyclic amines) is 2. The second-order valence-electron chi connectivity index (χ2n) is 14.0. The third kappa shape index (κ3) is 7.13. The molecule has 2 fully saturated rings. The van der Waals surface area contributed by atoms with E-state index in [4.69, 9.17) is 9.47 Å². The van der Waals surface area contributed by atoms with Crippen molar-refractivity contribution in [3.8, 4) is 0 Å². The highest BCUT2D eigenvalue weighted by molar-refractivity contribution is 6.00. The summed E-state index contributed by atoms with van der Waals surface area (Å²) in [7, 11) is 0. The number of nitrogens with zero attached hydrogens (tertiary/aromatic N) is 2. The summed E-state index contributed by atoms with van der Waals surface area (Å²) in [5.41, 5.74) is -2.35. The van der Waals surface area contributed by atoms with Crippen molar-refractivity contribution in [2.75, 3.05) is 13.1 Å². The number of ether oxygens (including phenoxy) is 2. The van der Waals surface area contributed by atoms with Crippen LogP contribution in [-0.4, -0.2) is 69.2 Å². The van der Waals surface area contributed by atoms with Crippen molar-refractivity contribution in [3.63, 3.8) is 0 Å². The van der Waals surface area contributed by atoms with Crippen molar-refractivity contribution in [2.45, 2.75) is 128 Å². The summed E-state index contributed by atoms with van der Waals surface area (Å²) in [4.78, 5) is 32.7. The van der Waals surface area contributed by atoms with Crippen LogP contribution >= 0.6 is 0 Å². The van der Waals surface area contributed by atoms with E-state index in [9.17, 15) is 9.59 Å². The molecule has 0 N–H and O–H groups in total. The highest BCUT2D eigenvalue weighted by Crippen LogP contribution is 2.43. The van der Waals surface area contributed by atoms with E-state index >= 15 is 0 Å². The van der Waals surface area contributed by atoms with Gasteiger partial charge in [0.05, 0.1) is 0 Å². The fourth-order valence-corrected chi connectivity index (χ4v) is 7.39. The van der Waals surface area contributed by atoms with Crippen molar-refractivity contribution in [3.05, 3.63) is 50.6 Å². The lowest BCUT2D eigenvalue weighted by Crippen LogP contribution is -2.63. The highest BCUT2D eigenvalue weighted by Gasteiger charge is 2.53. The lowest BCUT2D eigenvalue weighted by molar-refractivity contribution is -0.187. The second-order valence-corrected chi connectivity index (χ2v) is 14.0. The van der Waals surface area contributed by atoms with E-state index in [2.05, 4.69) is 91.5 Å². The van der Waals surface area contributed by atoms with Gasteiger partial charge in [-0.1, -0.05) is 24.3 Å². The standard InChI is InChI=1S/C33H54N2O4/c1-13-17-33(18-14-2,27(36)38-25-21-29(5,6)34(19-15-3)30(7,8)22-25)28(37)39-26-23-31(9,10)35(20-16-4)32(11,12)24-26/h13-16,25-26H,1-4,17-24H2,5-12H3. The Morgan fingerprint density at radius 1 is 0.641 bits per heavy atom.